The minimum absolute atomic E-state index is 0.733. The standard InChI is InChI=1S/C17H16OS/c18-14-17-16(12-13-19-17)11-7-2-1-4-8-15-9-5-3-6-10-15/h3,5-6,9-10,12-14H,1-2,4,8H2. The average molecular weight is 268 g/mol. The highest BCUT2D eigenvalue weighted by atomic mass is 32.1. The van der Waals surface area contributed by atoms with Gasteiger partial charge >= 0.3 is 0 Å². The predicted molar refractivity (Wildman–Crippen MR) is 80.6 cm³/mol. The molecule has 0 N–H and O–H groups in total. The van der Waals surface area contributed by atoms with Crippen LogP contribution in [0.4, 0.5) is 0 Å². The van der Waals surface area contributed by atoms with Crippen molar-refractivity contribution in [2.45, 2.75) is 25.7 Å². The molecule has 0 aliphatic carbocycles. The SMILES string of the molecule is O=Cc1sccc1C#CCCCCc1ccccc1. The summed E-state index contributed by atoms with van der Waals surface area (Å²) in [4.78, 5) is 11.5. The molecule has 1 aromatic carbocycles. The van der Waals surface area contributed by atoms with E-state index < -0.39 is 0 Å². The molecule has 0 amide bonds. The van der Waals surface area contributed by atoms with Gasteiger partial charge < -0.3 is 0 Å². The summed E-state index contributed by atoms with van der Waals surface area (Å²) in [6, 6.07) is 12.4. The predicted octanol–water partition coefficient (Wildman–Crippen LogP) is 4.33. The molecule has 0 radical (unpaired) electrons. The van der Waals surface area contributed by atoms with E-state index in [1.807, 2.05) is 17.5 Å². The van der Waals surface area contributed by atoms with Crippen LogP contribution in [0.25, 0.3) is 0 Å². The highest BCUT2D eigenvalue weighted by Gasteiger charge is 1.98. The van der Waals surface area contributed by atoms with Crippen molar-refractivity contribution in [3.05, 3.63) is 57.8 Å². The monoisotopic (exact) mass is 268 g/mol. The van der Waals surface area contributed by atoms with Crippen LogP contribution in [0.1, 0.15) is 40.1 Å². The fraction of sp³-hybridized carbons (Fsp3) is 0.235. The first-order valence-electron chi connectivity index (χ1n) is 6.45. The maximum absolute atomic E-state index is 10.7. The summed E-state index contributed by atoms with van der Waals surface area (Å²) in [7, 11) is 0. The van der Waals surface area contributed by atoms with Gasteiger partial charge in [0, 0.05) is 12.0 Å². The summed E-state index contributed by atoms with van der Waals surface area (Å²) in [6.45, 7) is 0. The van der Waals surface area contributed by atoms with E-state index in [2.05, 4.69) is 36.1 Å². The molecular formula is C17H16OS. The first-order chi connectivity index (χ1) is 9.40. The van der Waals surface area contributed by atoms with Gasteiger partial charge in [-0.05, 0) is 36.3 Å². The van der Waals surface area contributed by atoms with Gasteiger partial charge in [0.15, 0.2) is 6.29 Å². The van der Waals surface area contributed by atoms with Gasteiger partial charge in [-0.3, -0.25) is 4.79 Å². The Morgan fingerprint density at radius 3 is 2.74 bits per heavy atom. The van der Waals surface area contributed by atoms with E-state index in [1.54, 1.807) is 0 Å². The summed E-state index contributed by atoms with van der Waals surface area (Å²) in [5.41, 5.74) is 2.25. The minimum atomic E-state index is 0.733. The van der Waals surface area contributed by atoms with Gasteiger partial charge in [-0.2, -0.15) is 0 Å². The third-order valence-electron chi connectivity index (χ3n) is 2.89. The summed E-state index contributed by atoms with van der Waals surface area (Å²) in [6.07, 6.45) is 5.14. The Labute approximate surface area is 118 Å². The molecular weight excluding hydrogens is 252 g/mol. The number of thiophene rings is 1. The number of hydrogen-bond acceptors (Lipinski definition) is 2. The van der Waals surface area contributed by atoms with Crippen molar-refractivity contribution < 1.29 is 4.79 Å². The molecule has 0 aliphatic rings. The molecule has 0 saturated heterocycles. The van der Waals surface area contributed by atoms with E-state index in [9.17, 15) is 4.79 Å². The van der Waals surface area contributed by atoms with Crippen molar-refractivity contribution in [2.24, 2.45) is 0 Å². The van der Waals surface area contributed by atoms with Crippen LogP contribution in [0.2, 0.25) is 0 Å². The molecule has 1 nitrogen and oxygen atoms in total. The first-order valence-corrected chi connectivity index (χ1v) is 7.33. The topological polar surface area (TPSA) is 17.1 Å². The molecule has 0 saturated carbocycles. The molecule has 96 valence electrons. The summed E-state index contributed by atoms with van der Waals surface area (Å²) < 4.78 is 0. The lowest BCUT2D eigenvalue weighted by molar-refractivity contribution is 0.112. The lowest BCUT2D eigenvalue weighted by atomic mass is 10.1. The zero-order valence-corrected chi connectivity index (χ0v) is 11.6. The van der Waals surface area contributed by atoms with Crippen molar-refractivity contribution in [1.82, 2.24) is 0 Å². The number of benzene rings is 1. The van der Waals surface area contributed by atoms with Crippen LogP contribution < -0.4 is 0 Å². The van der Waals surface area contributed by atoms with Crippen LogP contribution in [-0.4, -0.2) is 6.29 Å². The van der Waals surface area contributed by atoms with E-state index in [1.165, 1.54) is 16.9 Å². The number of aryl methyl sites for hydroxylation is 1. The van der Waals surface area contributed by atoms with Gasteiger partial charge in [-0.15, -0.1) is 11.3 Å². The second-order valence-corrected chi connectivity index (χ2v) is 5.26. The van der Waals surface area contributed by atoms with Crippen molar-refractivity contribution in [3.63, 3.8) is 0 Å². The second-order valence-electron chi connectivity index (χ2n) is 4.31. The highest BCUT2D eigenvalue weighted by Crippen LogP contribution is 2.13. The van der Waals surface area contributed by atoms with Gasteiger partial charge in [0.05, 0.1) is 4.88 Å². The Balaban J connectivity index is 1.72. The van der Waals surface area contributed by atoms with E-state index >= 15 is 0 Å². The van der Waals surface area contributed by atoms with Crippen molar-refractivity contribution in [3.8, 4) is 11.8 Å². The van der Waals surface area contributed by atoms with Crippen molar-refractivity contribution >= 4 is 17.6 Å². The summed E-state index contributed by atoms with van der Waals surface area (Å²) in [5, 5.41) is 1.91. The molecule has 19 heavy (non-hydrogen) atoms. The Morgan fingerprint density at radius 2 is 1.95 bits per heavy atom. The smallest absolute Gasteiger partial charge is 0.161 e. The fourth-order valence-corrected chi connectivity index (χ4v) is 2.51. The van der Waals surface area contributed by atoms with Gasteiger partial charge in [0.1, 0.15) is 0 Å². The maximum atomic E-state index is 10.7. The quantitative estimate of drug-likeness (QED) is 0.448. The average Bonchev–Trinajstić information content (AvgIpc) is 2.91. The Kier molecular flexibility index (Phi) is 5.40. The molecule has 2 aromatic rings. The molecule has 2 heteroatoms. The third-order valence-corrected chi connectivity index (χ3v) is 3.73. The lowest BCUT2D eigenvalue weighted by Crippen LogP contribution is -1.84. The maximum Gasteiger partial charge on any atom is 0.161 e. The molecule has 1 aromatic heterocycles. The van der Waals surface area contributed by atoms with Crippen LogP contribution in [-0.2, 0) is 6.42 Å². The van der Waals surface area contributed by atoms with E-state index in [0.29, 0.717) is 0 Å². The van der Waals surface area contributed by atoms with Crippen LogP contribution in [0.15, 0.2) is 41.8 Å². The zero-order valence-electron chi connectivity index (χ0n) is 10.8. The second kappa shape index (κ2) is 7.56. The van der Waals surface area contributed by atoms with Gasteiger partial charge in [-0.1, -0.05) is 42.2 Å². The van der Waals surface area contributed by atoms with E-state index in [0.717, 1.165) is 42.4 Å². The Bertz CT molecular complexity index is 572. The molecule has 0 bridgehead atoms. The molecule has 1 heterocycles. The van der Waals surface area contributed by atoms with Crippen LogP contribution >= 0.6 is 11.3 Å². The molecule has 0 aliphatic heterocycles. The van der Waals surface area contributed by atoms with E-state index in [4.69, 9.17) is 0 Å². The molecule has 2 rings (SSSR count). The van der Waals surface area contributed by atoms with Crippen LogP contribution in [0, 0.1) is 11.8 Å². The Morgan fingerprint density at radius 1 is 1.11 bits per heavy atom. The minimum Gasteiger partial charge on any atom is -0.297 e. The van der Waals surface area contributed by atoms with Gasteiger partial charge in [0.2, 0.25) is 0 Å². The van der Waals surface area contributed by atoms with Crippen LogP contribution in [0.3, 0.4) is 0 Å². The van der Waals surface area contributed by atoms with Crippen molar-refractivity contribution in [1.29, 1.82) is 0 Å². The normalized spacial score (nSPS) is 9.68. The zero-order chi connectivity index (χ0) is 13.3. The number of carbonyl (C=O) groups is 1. The summed E-state index contributed by atoms with van der Waals surface area (Å²) in [5.74, 6) is 6.22. The molecule has 0 fully saturated rings. The fourth-order valence-electron chi connectivity index (χ4n) is 1.86. The number of aldehydes is 1. The van der Waals surface area contributed by atoms with E-state index in [-0.39, 0.29) is 0 Å². The van der Waals surface area contributed by atoms with Gasteiger partial charge in [0.25, 0.3) is 0 Å². The van der Waals surface area contributed by atoms with Gasteiger partial charge in [-0.25, -0.2) is 0 Å². The largest absolute Gasteiger partial charge is 0.297 e. The summed E-state index contributed by atoms with van der Waals surface area (Å²) >= 11 is 1.44. The highest BCUT2D eigenvalue weighted by molar-refractivity contribution is 7.11. The lowest BCUT2D eigenvalue weighted by Gasteiger charge is -1.98. The number of hydrogen-bond donors (Lipinski definition) is 0. The number of unbranched alkanes of at least 4 members (excludes halogenated alkanes) is 2. The van der Waals surface area contributed by atoms with Crippen molar-refractivity contribution in [2.75, 3.05) is 0 Å². The molecule has 0 unspecified atom stereocenters. The molecule has 0 spiro atoms. The Hall–Kier alpha value is -1.85. The molecule has 0 atom stereocenters. The first kappa shape index (κ1) is 13.6. The third kappa shape index (κ3) is 4.39. The van der Waals surface area contributed by atoms with Crippen LogP contribution in [0.5, 0.6) is 0 Å². The number of carbonyl (C=O) groups excluding carboxylic acids is 1. The number of rotatable bonds is 5.